The molecule has 0 unspecified atom stereocenters. The van der Waals surface area contributed by atoms with Crippen molar-refractivity contribution in [3.05, 3.63) is 78.9 Å². The SMILES string of the molecule is CCOc1ccc(-n2c(SCc3nc4ccccc4[nH]3)nnc2-c2ccncc2)cc1. The first-order valence-electron chi connectivity index (χ1n) is 9.97. The fraction of sp³-hybridized carbons (Fsp3) is 0.130. The van der Waals surface area contributed by atoms with E-state index in [-0.39, 0.29) is 0 Å². The minimum Gasteiger partial charge on any atom is -0.494 e. The summed E-state index contributed by atoms with van der Waals surface area (Å²) in [5.41, 5.74) is 3.91. The minimum absolute atomic E-state index is 0.632. The van der Waals surface area contributed by atoms with Gasteiger partial charge in [0.05, 0.1) is 23.4 Å². The monoisotopic (exact) mass is 428 g/mol. The zero-order valence-electron chi connectivity index (χ0n) is 16.9. The molecular formula is C23H20N6OS. The number of pyridine rings is 1. The van der Waals surface area contributed by atoms with E-state index in [1.165, 1.54) is 0 Å². The van der Waals surface area contributed by atoms with Gasteiger partial charge in [-0.2, -0.15) is 0 Å². The summed E-state index contributed by atoms with van der Waals surface area (Å²) < 4.78 is 7.65. The van der Waals surface area contributed by atoms with E-state index in [4.69, 9.17) is 4.74 Å². The van der Waals surface area contributed by atoms with Crippen LogP contribution in [0, 0.1) is 0 Å². The number of thioether (sulfide) groups is 1. The molecule has 0 saturated heterocycles. The van der Waals surface area contributed by atoms with Crippen LogP contribution in [-0.4, -0.2) is 36.3 Å². The number of nitrogens with zero attached hydrogens (tertiary/aromatic N) is 5. The Kier molecular flexibility index (Phi) is 5.37. The molecule has 0 amide bonds. The van der Waals surface area contributed by atoms with Gasteiger partial charge < -0.3 is 9.72 Å². The summed E-state index contributed by atoms with van der Waals surface area (Å²) in [4.78, 5) is 12.2. The lowest BCUT2D eigenvalue weighted by molar-refractivity contribution is 0.340. The number of rotatable bonds is 7. The highest BCUT2D eigenvalue weighted by Crippen LogP contribution is 2.30. The van der Waals surface area contributed by atoms with Crippen molar-refractivity contribution < 1.29 is 4.74 Å². The Morgan fingerprint density at radius 1 is 0.968 bits per heavy atom. The number of benzene rings is 2. The number of ether oxygens (including phenoxy) is 1. The molecular weight excluding hydrogens is 408 g/mol. The molecule has 0 radical (unpaired) electrons. The van der Waals surface area contributed by atoms with Crippen molar-refractivity contribution in [3.63, 3.8) is 0 Å². The number of hydrogen-bond donors (Lipinski definition) is 1. The Balaban J connectivity index is 1.49. The lowest BCUT2D eigenvalue weighted by atomic mass is 10.2. The van der Waals surface area contributed by atoms with Crippen molar-refractivity contribution in [2.75, 3.05) is 6.61 Å². The predicted molar refractivity (Wildman–Crippen MR) is 121 cm³/mol. The number of aromatic amines is 1. The average Bonchev–Trinajstić information content (AvgIpc) is 3.43. The fourth-order valence-corrected chi connectivity index (χ4v) is 4.17. The topological polar surface area (TPSA) is 81.5 Å². The molecule has 1 N–H and O–H groups in total. The molecule has 3 heterocycles. The number of imidazole rings is 1. The quantitative estimate of drug-likeness (QED) is 0.372. The van der Waals surface area contributed by atoms with Crippen LogP contribution in [0.3, 0.4) is 0 Å². The van der Waals surface area contributed by atoms with Crippen LogP contribution in [0.25, 0.3) is 28.1 Å². The third kappa shape index (κ3) is 4.02. The van der Waals surface area contributed by atoms with Gasteiger partial charge in [0, 0.05) is 23.6 Å². The van der Waals surface area contributed by atoms with Gasteiger partial charge in [-0.15, -0.1) is 10.2 Å². The second-order valence-corrected chi connectivity index (χ2v) is 7.74. The lowest BCUT2D eigenvalue weighted by Gasteiger charge is -2.11. The molecule has 2 aromatic carbocycles. The highest BCUT2D eigenvalue weighted by atomic mass is 32.2. The van der Waals surface area contributed by atoms with E-state index in [0.29, 0.717) is 12.4 Å². The molecule has 5 aromatic rings. The van der Waals surface area contributed by atoms with Crippen molar-refractivity contribution in [3.8, 4) is 22.8 Å². The van der Waals surface area contributed by atoms with Crippen LogP contribution in [0.5, 0.6) is 5.75 Å². The van der Waals surface area contributed by atoms with Gasteiger partial charge in [0.2, 0.25) is 0 Å². The van der Waals surface area contributed by atoms with E-state index in [2.05, 4.69) is 29.7 Å². The number of aromatic nitrogens is 6. The zero-order valence-corrected chi connectivity index (χ0v) is 17.7. The Bertz CT molecular complexity index is 1260. The molecule has 154 valence electrons. The average molecular weight is 429 g/mol. The Hall–Kier alpha value is -3.65. The normalized spacial score (nSPS) is 11.1. The summed E-state index contributed by atoms with van der Waals surface area (Å²) in [6.07, 6.45) is 3.52. The highest BCUT2D eigenvalue weighted by Gasteiger charge is 2.17. The molecule has 0 aliphatic carbocycles. The molecule has 0 spiro atoms. The fourth-order valence-electron chi connectivity index (χ4n) is 3.35. The Morgan fingerprint density at radius 3 is 2.55 bits per heavy atom. The molecule has 7 nitrogen and oxygen atoms in total. The number of H-pyrrole nitrogens is 1. The van der Waals surface area contributed by atoms with Crippen molar-refractivity contribution in [1.29, 1.82) is 0 Å². The van der Waals surface area contributed by atoms with E-state index < -0.39 is 0 Å². The van der Waals surface area contributed by atoms with Crippen LogP contribution in [0.1, 0.15) is 12.7 Å². The van der Waals surface area contributed by atoms with E-state index >= 15 is 0 Å². The van der Waals surface area contributed by atoms with Crippen LogP contribution in [0.2, 0.25) is 0 Å². The van der Waals surface area contributed by atoms with Gasteiger partial charge in [-0.25, -0.2) is 4.98 Å². The maximum atomic E-state index is 5.59. The van der Waals surface area contributed by atoms with Crippen molar-refractivity contribution in [2.45, 2.75) is 17.8 Å². The number of hydrogen-bond acceptors (Lipinski definition) is 6. The van der Waals surface area contributed by atoms with E-state index in [0.717, 1.165) is 44.8 Å². The van der Waals surface area contributed by atoms with Crippen LogP contribution in [0.15, 0.2) is 78.2 Å². The maximum Gasteiger partial charge on any atom is 0.196 e. The van der Waals surface area contributed by atoms with Gasteiger partial charge in [0.15, 0.2) is 11.0 Å². The first-order chi connectivity index (χ1) is 15.3. The standard InChI is InChI=1S/C23H20N6OS/c1-2-30-18-9-7-17(8-10-18)29-22(16-11-13-24-14-12-16)27-28-23(29)31-15-21-25-19-5-3-4-6-20(19)26-21/h3-14H,2,15H2,1H3,(H,25,26). The van der Waals surface area contributed by atoms with E-state index in [1.807, 2.05) is 67.6 Å². The third-order valence-electron chi connectivity index (χ3n) is 4.75. The second kappa shape index (κ2) is 8.61. The third-order valence-corrected chi connectivity index (χ3v) is 5.69. The summed E-state index contributed by atoms with van der Waals surface area (Å²) in [6.45, 7) is 2.61. The molecule has 8 heteroatoms. The largest absolute Gasteiger partial charge is 0.494 e. The second-order valence-electron chi connectivity index (χ2n) is 6.79. The minimum atomic E-state index is 0.632. The first-order valence-corrected chi connectivity index (χ1v) is 11.0. The summed E-state index contributed by atoms with van der Waals surface area (Å²) in [5.74, 6) is 3.15. The first kappa shape index (κ1) is 19.3. The van der Waals surface area contributed by atoms with Crippen molar-refractivity contribution >= 4 is 22.8 Å². The summed E-state index contributed by atoms with van der Waals surface area (Å²) >= 11 is 1.59. The van der Waals surface area contributed by atoms with Gasteiger partial charge in [-0.1, -0.05) is 23.9 Å². The van der Waals surface area contributed by atoms with Gasteiger partial charge in [-0.05, 0) is 55.5 Å². The Labute approximate surface area is 183 Å². The summed E-state index contributed by atoms with van der Waals surface area (Å²) in [7, 11) is 0. The van der Waals surface area contributed by atoms with Crippen molar-refractivity contribution in [1.82, 2.24) is 29.7 Å². The summed E-state index contributed by atoms with van der Waals surface area (Å²) in [5, 5.41) is 9.75. The van der Waals surface area contributed by atoms with Gasteiger partial charge in [-0.3, -0.25) is 9.55 Å². The van der Waals surface area contributed by atoms with Crippen LogP contribution in [-0.2, 0) is 5.75 Å². The molecule has 0 atom stereocenters. The highest BCUT2D eigenvalue weighted by molar-refractivity contribution is 7.98. The maximum absolute atomic E-state index is 5.59. The number of nitrogens with one attached hydrogen (secondary N) is 1. The molecule has 0 fully saturated rings. The number of fused-ring (bicyclic) bond motifs is 1. The van der Waals surface area contributed by atoms with E-state index in [9.17, 15) is 0 Å². The lowest BCUT2D eigenvalue weighted by Crippen LogP contribution is -2.00. The van der Waals surface area contributed by atoms with Gasteiger partial charge in [0.1, 0.15) is 11.6 Å². The Morgan fingerprint density at radius 2 is 1.77 bits per heavy atom. The van der Waals surface area contributed by atoms with E-state index in [1.54, 1.807) is 24.2 Å². The molecule has 3 aromatic heterocycles. The number of para-hydroxylation sites is 2. The van der Waals surface area contributed by atoms with Crippen LogP contribution in [0.4, 0.5) is 0 Å². The van der Waals surface area contributed by atoms with Crippen molar-refractivity contribution in [2.24, 2.45) is 0 Å². The van der Waals surface area contributed by atoms with Gasteiger partial charge >= 0.3 is 0 Å². The zero-order chi connectivity index (χ0) is 21.0. The molecule has 0 saturated carbocycles. The summed E-state index contributed by atoms with van der Waals surface area (Å²) in [6, 6.07) is 19.8. The molecule has 0 aliphatic rings. The molecule has 5 rings (SSSR count). The van der Waals surface area contributed by atoms with Gasteiger partial charge in [0.25, 0.3) is 0 Å². The molecule has 0 bridgehead atoms. The molecule has 31 heavy (non-hydrogen) atoms. The van der Waals surface area contributed by atoms with Crippen LogP contribution >= 0.6 is 11.8 Å². The molecule has 0 aliphatic heterocycles. The smallest absolute Gasteiger partial charge is 0.196 e. The predicted octanol–water partition coefficient (Wildman–Crippen LogP) is 4.90. The van der Waals surface area contributed by atoms with Crippen LogP contribution < -0.4 is 4.74 Å².